The molecule has 5 nitrogen and oxygen atoms in total. The first kappa shape index (κ1) is 10.1. The molecule has 1 aliphatic carbocycles. The van der Waals surface area contributed by atoms with E-state index in [1.807, 2.05) is 4.68 Å². The van der Waals surface area contributed by atoms with Gasteiger partial charge in [0.2, 0.25) is 0 Å². The lowest BCUT2D eigenvalue weighted by Gasteiger charge is -2.04. The van der Waals surface area contributed by atoms with Crippen molar-refractivity contribution in [2.24, 2.45) is 0 Å². The van der Waals surface area contributed by atoms with Crippen LogP contribution in [-0.4, -0.2) is 28.7 Å². The van der Waals surface area contributed by atoms with Gasteiger partial charge < -0.3 is 4.74 Å². The number of methoxy groups -OCH3 is 1. The second-order valence-electron chi connectivity index (χ2n) is 3.74. The Kier molecular flexibility index (Phi) is 2.97. The first-order valence-corrected chi connectivity index (χ1v) is 5.15. The number of rotatable bonds is 5. The predicted octanol–water partition coefficient (Wildman–Crippen LogP) is 0.868. The highest BCUT2D eigenvalue weighted by Crippen LogP contribution is 2.35. The number of hydrogen-bond donors (Lipinski definition) is 0. The van der Waals surface area contributed by atoms with Crippen LogP contribution in [-0.2, 0) is 17.6 Å². The molecule has 1 heterocycles. The minimum Gasteiger partial charge on any atom is -0.384 e. The van der Waals surface area contributed by atoms with Crippen molar-refractivity contribution in [3.8, 4) is 6.07 Å². The summed E-state index contributed by atoms with van der Waals surface area (Å²) >= 11 is 0. The molecular weight excluding hydrogens is 192 g/mol. The molecule has 5 heteroatoms. The summed E-state index contributed by atoms with van der Waals surface area (Å²) in [4.78, 5) is 0. The summed E-state index contributed by atoms with van der Waals surface area (Å²) in [7, 11) is 1.68. The highest BCUT2D eigenvalue weighted by molar-refractivity contribution is 5.16. The van der Waals surface area contributed by atoms with E-state index < -0.39 is 0 Å². The predicted molar refractivity (Wildman–Crippen MR) is 53.2 cm³/mol. The number of nitriles is 1. The molecule has 0 N–H and O–H groups in total. The van der Waals surface area contributed by atoms with Gasteiger partial charge in [-0.25, -0.2) is 4.68 Å². The van der Waals surface area contributed by atoms with Gasteiger partial charge in [0.1, 0.15) is 5.69 Å². The fourth-order valence-electron chi connectivity index (χ4n) is 1.63. The Morgan fingerprint density at radius 3 is 3.00 bits per heavy atom. The zero-order valence-electron chi connectivity index (χ0n) is 8.81. The van der Waals surface area contributed by atoms with Crippen LogP contribution in [0.3, 0.4) is 0 Å². The van der Waals surface area contributed by atoms with Crippen molar-refractivity contribution in [2.45, 2.75) is 31.7 Å². The van der Waals surface area contributed by atoms with Crippen LogP contribution in [0.25, 0.3) is 0 Å². The van der Waals surface area contributed by atoms with E-state index in [0.717, 1.165) is 17.8 Å². The fourth-order valence-corrected chi connectivity index (χ4v) is 1.63. The summed E-state index contributed by atoms with van der Waals surface area (Å²) in [6, 6.07) is 2.63. The van der Waals surface area contributed by atoms with Crippen LogP contribution in [0.2, 0.25) is 0 Å². The second-order valence-corrected chi connectivity index (χ2v) is 3.74. The molecule has 1 fully saturated rings. The molecule has 0 unspecified atom stereocenters. The molecule has 0 radical (unpaired) electrons. The third-order valence-electron chi connectivity index (χ3n) is 2.55. The first-order valence-electron chi connectivity index (χ1n) is 5.15. The van der Waals surface area contributed by atoms with Crippen LogP contribution in [0.1, 0.15) is 30.3 Å². The smallest absolute Gasteiger partial charge is 0.100 e. The Morgan fingerprint density at radius 2 is 2.40 bits per heavy atom. The van der Waals surface area contributed by atoms with Crippen molar-refractivity contribution in [1.82, 2.24) is 15.0 Å². The average Bonchev–Trinajstić information content (AvgIpc) is 3.00. The quantitative estimate of drug-likeness (QED) is 0.717. The second kappa shape index (κ2) is 4.41. The SMILES string of the molecule is COCCc1c(CC#N)nnn1C1CC1. The maximum absolute atomic E-state index is 8.67. The van der Waals surface area contributed by atoms with E-state index in [9.17, 15) is 0 Å². The van der Waals surface area contributed by atoms with Gasteiger partial charge in [-0.3, -0.25) is 0 Å². The monoisotopic (exact) mass is 206 g/mol. The minimum atomic E-state index is 0.339. The number of ether oxygens (including phenoxy) is 1. The summed E-state index contributed by atoms with van der Waals surface area (Å²) in [5, 5.41) is 16.8. The molecule has 1 aliphatic rings. The molecule has 2 rings (SSSR count). The van der Waals surface area contributed by atoms with E-state index in [2.05, 4.69) is 16.4 Å². The lowest BCUT2D eigenvalue weighted by molar-refractivity contribution is 0.200. The largest absolute Gasteiger partial charge is 0.384 e. The van der Waals surface area contributed by atoms with E-state index in [0.29, 0.717) is 19.1 Å². The molecule has 1 saturated carbocycles. The molecular formula is C10H14N4O. The van der Waals surface area contributed by atoms with E-state index in [-0.39, 0.29) is 0 Å². The van der Waals surface area contributed by atoms with Crippen molar-refractivity contribution < 1.29 is 4.74 Å². The van der Waals surface area contributed by atoms with Crippen molar-refractivity contribution in [2.75, 3.05) is 13.7 Å². The van der Waals surface area contributed by atoms with Gasteiger partial charge in [-0.15, -0.1) is 5.10 Å². The Balaban J connectivity index is 2.19. The standard InChI is InChI=1S/C10H14N4O/c1-15-7-5-10-9(4-6-11)12-13-14(10)8-2-3-8/h8H,2-5,7H2,1H3. The van der Waals surface area contributed by atoms with Gasteiger partial charge >= 0.3 is 0 Å². The Bertz CT molecular complexity index is 375. The van der Waals surface area contributed by atoms with Gasteiger partial charge in [0.15, 0.2) is 0 Å². The van der Waals surface area contributed by atoms with E-state index in [4.69, 9.17) is 10.00 Å². The third kappa shape index (κ3) is 2.16. The lowest BCUT2D eigenvalue weighted by Crippen LogP contribution is -2.07. The minimum absolute atomic E-state index is 0.339. The van der Waals surface area contributed by atoms with E-state index >= 15 is 0 Å². The summed E-state index contributed by atoms with van der Waals surface area (Å²) in [6.45, 7) is 0.651. The summed E-state index contributed by atoms with van der Waals surface area (Å²) in [5.74, 6) is 0. The van der Waals surface area contributed by atoms with Crippen molar-refractivity contribution >= 4 is 0 Å². The Hall–Kier alpha value is -1.41. The topological polar surface area (TPSA) is 63.7 Å². The van der Waals surface area contributed by atoms with Gasteiger partial charge in [0.25, 0.3) is 0 Å². The molecule has 0 spiro atoms. The summed E-state index contributed by atoms with van der Waals surface area (Å²) < 4.78 is 7.02. The van der Waals surface area contributed by atoms with Gasteiger partial charge in [-0.05, 0) is 12.8 Å². The number of nitrogens with zero attached hydrogens (tertiary/aromatic N) is 4. The van der Waals surface area contributed by atoms with E-state index in [1.54, 1.807) is 7.11 Å². The van der Waals surface area contributed by atoms with Crippen LogP contribution in [0.5, 0.6) is 0 Å². The van der Waals surface area contributed by atoms with Gasteiger partial charge in [0.05, 0.1) is 30.8 Å². The Morgan fingerprint density at radius 1 is 1.60 bits per heavy atom. The fraction of sp³-hybridized carbons (Fsp3) is 0.700. The van der Waals surface area contributed by atoms with Gasteiger partial charge in [-0.2, -0.15) is 5.26 Å². The molecule has 0 atom stereocenters. The molecule has 0 aliphatic heterocycles. The van der Waals surface area contributed by atoms with Crippen LogP contribution >= 0.6 is 0 Å². The first-order chi connectivity index (χ1) is 7.36. The number of aromatic nitrogens is 3. The molecule has 0 amide bonds. The zero-order chi connectivity index (χ0) is 10.7. The highest BCUT2D eigenvalue weighted by atomic mass is 16.5. The molecule has 0 bridgehead atoms. The van der Waals surface area contributed by atoms with Crippen LogP contribution in [0, 0.1) is 11.3 Å². The van der Waals surface area contributed by atoms with Crippen molar-refractivity contribution in [1.29, 1.82) is 5.26 Å². The van der Waals surface area contributed by atoms with Crippen LogP contribution in [0.15, 0.2) is 0 Å². The van der Waals surface area contributed by atoms with Crippen LogP contribution in [0.4, 0.5) is 0 Å². The molecule has 15 heavy (non-hydrogen) atoms. The molecule has 1 aromatic heterocycles. The Labute approximate surface area is 88.6 Å². The summed E-state index contributed by atoms with van der Waals surface area (Å²) in [5.41, 5.74) is 1.88. The van der Waals surface area contributed by atoms with Crippen LogP contribution < -0.4 is 0 Å². The van der Waals surface area contributed by atoms with Gasteiger partial charge in [0, 0.05) is 13.5 Å². The van der Waals surface area contributed by atoms with Crippen molar-refractivity contribution in [3.63, 3.8) is 0 Å². The van der Waals surface area contributed by atoms with E-state index in [1.165, 1.54) is 12.8 Å². The normalized spacial score (nSPS) is 15.2. The highest BCUT2D eigenvalue weighted by Gasteiger charge is 2.28. The summed E-state index contributed by atoms with van der Waals surface area (Å²) in [6.07, 6.45) is 3.48. The molecule has 80 valence electrons. The molecule has 0 aromatic carbocycles. The third-order valence-corrected chi connectivity index (χ3v) is 2.55. The maximum atomic E-state index is 8.67. The molecule has 0 saturated heterocycles. The molecule has 1 aromatic rings. The van der Waals surface area contributed by atoms with Gasteiger partial charge in [-0.1, -0.05) is 5.21 Å². The lowest BCUT2D eigenvalue weighted by atomic mass is 10.2. The number of hydrogen-bond acceptors (Lipinski definition) is 4. The maximum Gasteiger partial charge on any atom is 0.100 e. The zero-order valence-corrected chi connectivity index (χ0v) is 8.81. The average molecular weight is 206 g/mol. The van der Waals surface area contributed by atoms with Crippen molar-refractivity contribution in [3.05, 3.63) is 11.4 Å².